The van der Waals surface area contributed by atoms with Crippen LogP contribution >= 0.6 is 0 Å². The van der Waals surface area contributed by atoms with Crippen LogP contribution in [-0.4, -0.2) is 30.2 Å². The van der Waals surface area contributed by atoms with Gasteiger partial charge in [0.05, 0.1) is 5.69 Å². The van der Waals surface area contributed by atoms with Crippen molar-refractivity contribution in [1.29, 1.82) is 0 Å². The minimum atomic E-state index is 0.882. The summed E-state index contributed by atoms with van der Waals surface area (Å²) in [5, 5.41) is 3.87. The van der Waals surface area contributed by atoms with E-state index in [-0.39, 0.29) is 0 Å². The maximum atomic E-state index is 5.16. The van der Waals surface area contributed by atoms with Crippen LogP contribution in [-0.2, 0) is 0 Å². The molecule has 0 bridgehead atoms. The van der Waals surface area contributed by atoms with Crippen LogP contribution in [0, 0.1) is 6.92 Å². The first-order chi connectivity index (χ1) is 6.74. The molecule has 0 aliphatic carbocycles. The van der Waals surface area contributed by atoms with Gasteiger partial charge in [-0.05, 0) is 39.4 Å². The molecule has 0 N–H and O–H groups in total. The fourth-order valence-corrected chi connectivity index (χ4v) is 1.85. The maximum Gasteiger partial charge on any atom is 0.159 e. The fraction of sp³-hybridized carbons (Fsp3) is 0.545. The summed E-state index contributed by atoms with van der Waals surface area (Å²) in [6.07, 6.45) is 4.55. The van der Waals surface area contributed by atoms with Gasteiger partial charge in [0.15, 0.2) is 5.76 Å². The van der Waals surface area contributed by atoms with Gasteiger partial charge >= 0.3 is 0 Å². The zero-order chi connectivity index (χ0) is 9.97. The Hall–Kier alpha value is -1.09. The molecule has 1 aromatic rings. The predicted molar refractivity (Wildman–Crippen MR) is 55.9 cm³/mol. The molecule has 1 saturated heterocycles. The van der Waals surface area contributed by atoms with Gasteiger partial charge in [-0.25, -0.2) is 0 Å². The van der Waals surface area contributed by atoms with Crippen LogP contribution < -0.4 is 0 Å². The molecule has 1 aromatic heterocycles. The number of aromatic nitrogens is 1. The SMILES string of the molecule is Cc1cc(/C=C2/CCCN(C)C2)on1. The van der Waals surface area contributed by atoms with Crippen molar-refractivity contribution in [2.24, 2.45) is 0 Å². The summed E-state index contributed by atoms with van der Waals surface area (Å²) in [5.74, 6) is 0.882. The van der Waals surface area contributed by atoms with Crippen molar-refractivity contribution >= 4 is 6.08 Å². The summed E-state index contributed by atoms with van der Waals surface area (Å²) >= 11 is 0. The van der Waals surface area contributed by atoms with Gasteiger partial charge in [-0.15, -0.1) is 0 Å². The van der Waals surface area contributed by atoms with E-state index in [1.54, 1.807) is 0 Å². The third-order valence-corrected chi connectivity index (χ3v) is 2.50. The second-order valence-electron chi connectivity index (χ2n) is 4.01. The monoisotopic (exact) mass is 192 g/mol. The lowest BCUT2D eigenvalue weighted by Gasteiger charge is -2.23. The summed E-state index contributed by atoms with van der Waals surface area (Å²) in [5.41, 5.74) is 2.39. The number of hydrogen-bond acceptors (Lipinski definition) is 3. The normalized spacial score (nSPS) is 21.7. The second-order valence-corrected chi connectivity index (χ2v) is 4.01. The first-order valence-corrected chi connectivity index (χ1v) is 5.05. The molecule has 1 fully saturated rings. The molecule has 76 valence electrons. The van der Waals surface area contributed by atoms with E-state index in [1.165, 1.54) is 25.0 Å². The standard InChI is InChI=1S/C11H16N2O/c1-9-6-11(14-12-9)7-10-4-3-5-13(2)8-10/h6-7H,3-5,8H2,1-2H3/b10-7-. The molecule has 0 atom stereocenters. The van der Waals surface area contributed by atoms with Gasteiger partial charge in [-0.2, -0.15) is 0 Å². The summed E-state index contributed by atoms with van der Waals surface area (Å²) in [4.78, 5) is 2.33. The molecule has 0 spiro atoms. The quantitative estimate of drug-likeness (QED) is 0.682. The molecule has 2 rings (SSSR count). The third-order valence-electron chi connectivity index (χ3n) is 2.50. The number of piperidine rings is 1. The van der Waals surface area contributed by atoms with Gasteiger partial charge in [-0.3, -0.25) is 0 Å². The van der Waals surface area contributed by atoms with Crippen LogP contribution in [0.25, 0.3) is 6.08 Å². The minimum Gasteiger partial charge on any atom is -0.357 e. The number of rotatable bonds is 1. The number of likely N-dealkylation sites (tertiary alicyclic amines) is 1. The summed E-state index contributed by atoms with van der Waals surface area (Å²) in [6, 6.07) is 1.97. The topological polar surface area (TPSA) is 29.3 Å². The van der Waals surface area contributed by atoms with Crippen LogP contribution in [0.4, 0.5) is 0 Å². The van der Waals surface area contributed by atoms with Crippen molar-refractivity contribution in [3.8, 4) is 0 Å². The van der Waals surface area contributed by atoms with Crippen LogP contribution in [0.2, 0.25) is 0 Å². The van der Waals surface area contributed by atoms with E-state index in [9.17, 15) is 0 Å². The van der Waals surface area contributed by atoms with Gasteiger partial charge < -0.3 is 9.42 Å². The lowest BCUT2D eigenvalue weighted by Crippen LogP contribution is -2.26. The average Bonchev–Trinajstić information content (AvgIpc) is 2.51. The molecule has 0 aromatic carbocycles. The van der Waals surface area contributed by atoms with Crippen LogP contribution in [0.3, 0.4) is 0 Å². The summed E-state index contributed by atoms with van der Waals surface area (Å²) in [6.45, 7) is 4.20. The molecule has 2 heterocycles. The molecule has 14 heavy (non-hydrogen) atoms. The maximum absolute atomic E-state index is 5.16. The molecular formula is C11H16N2O. The highest BCUT2D eigenvalue weighted by molar-refractivity contribution is 5.48. The van der Waals surface area contributed by atoms with Crippen molar-refractivity contribution in [2.75, 3.05) is 20.1 Å². The first-order valence-electron chi connectivity index (χ1n) is 5.05. The highest BCUT2D eigenvalue weighted by Gasteiger charge is 2.10. The van der Waals surface area contributed by atoms with E-state index in [2.05, 4.69) is 23.2 Å². The van der Waals surface area contributed by atoms with E-state index in [1.807, 2.05) is 13.0 Å². The minimum absolute atomic E-state index is 0.882. The third kappa shape index (κ3) is 2.23. The van der Waals surface area contributed by atoms with Crippen molar-refractivity contribution in [2.45, 2.75) is 19.8 Å². The fourth-order valence-electron chi connectivity index (χ4n) is 1.85. The Morgan fingerprint density at radius 3 is 3.07 bits per heavy atom. The summed E-state index contributed by atoms with van der Waals surface area (Å²) < 4.78 is 5.16. The number of likely N-dealkylation sites (N-methyl/N-ethyl adjacent to an activating group) is 1. The molecular weight excluding hydrogens is 176 g/mol. The number of aryl methyl sites for hydroxylation is 1. The van der Waals surface area contributed by atoms with Crippen LogP contribution in [0.5, 0.6) is 0 Å². The predicted octanol–water partition coefficient (Wildman–Crippen LogP) is 2.09. The Labute approximate surface area is 84.4 Å². The Kier molecular flexibility index (Phi) is 2.68. The van der Waals surface area contributed by atoms with E-state index in [4.69, 9.17) is 4.52 Å². The zero-order valence-electron chi connectivity index (χ0n) is 8.79. The largest absolute Gasteiger partial charge is 0.357 e. The Morgan fingerprint density at radius 2 is 2.43 bits per heavy atom. The van der Waals surface area contributed by atoms with Gasteiger partial charge in [0.1, 0.15) is 0 Å². The highest BCUT2D eigenvalue weighted by atomic mass is 16.5. The van der Waals surface area contributed by atoms with Gasteiger partial charge in [0.2, 0.25) is 0 Å². The summed E-state index contributed by atoms with van der Waals surface area (Å²) in [7, 11) is 2.15. The highest BCUT2D eigenvalue weighted by Crippen LogP contribution is 2.17. The Morgan fingerprint density at radius 1 is 1.57 bits per heavy atom. The van der Waals surface area contributed by atoms with E-state index in [0.717, 1.165) is 18.0 Å². The molecule has 0 amide bonds. The Balaban J connectivity index is 2.09. The number of hydrogen-bond donors (Lipinski definition) is 0. The smallest absolute Gasteiger partial charge is 0.159 e. The van der Waals surface area contributed by atoms with Crippen LogP contribution in [0.1, 0.15) is 24.3 Å². The van der Waals surface area contributed by atoms with E-state index >= 15 is 0 Å². The van der Waals surface area contributed by atoms with Crippen molar-refractivity contribution in [1.82, 2.24) is 10.1 Å². The zero-order valence-corrected chi connectivity index (χ0v) is 8.79. The van der Waals surface area contributed by atoms with E-state index in [0.29, 0.717) is 0 Å². The second kappa shape index (κ2) is 3.96. The van der Waals surface area contributed by atoms with Crippen LogP contribution in [0.15, 0.2) is 16.2 Å². The molecule has 3 heteroatoms. The van der Waals surface area contributed by atoms with Crippen molar-refractivity contribution in [3.05, 3.63) is 23.1 Å². The number of nitrogens with zero attached hydrogens (tertiary/aromatic N) is 2. The average molecular weight is 192 g/mol. The molecule has 0 radical (unpaired) electrons. The van der Waals surface area contributed by atoms with Gasteiger partial charge in [-0.1, -0.05) is 10.7 Å². The van der Waals surface area contributed by atoms with Crippen molar-refractivity contribution < 1.29 is 4.52 Å². The molecule has 1 aliphatic rings. The van der Waals surface area contributed by atoms with Crippen molar-refractivity contribution in [3.63, 3.8) is 0 Å². The van der Waals surface area contributed by atoms with Gasteiger partial charge in [0.25, 0.3) is 0 Å². The molecule has 0 saturated carbocycles. The molecule has 1 aliphatic heterocycles. The lowest BCUT2D eigenvalue weighted by atomic mass is 10.0. The molecule has 0 unspecified atom stereocenters. The van der Waals surface area contributed by atoms with Gasteiger partial charge in [0, 0.05) is 12.6 Å². The first kappa shape index (κ1) is 9.46. The molecule has 3 nitrogen and oxygen atoms in total. The Bertz CT molecular complexity index is 341. The van der Waals surface area contributed by atoms with E-state index < -0.39 is 0 Å². The lowest BCUT2D eigenvalue weighted by molar-refractivity contribution is 0.323.